The molecule has 17 heavy (non-hydrogen) atoms. The van der Waals surface area contributed by atoms with Crippen LogP contribution in [0.4, 0.5) is 18.9 Å². The summed E-state index contributed by atoms with van der Waals surface area (Å²) in [5.41, 5.74) is 1.94. The Hall–Kier alpha value is -1.47. The third kappa shape index (κ3) is 5.41. The van der Waals surface area contributed by atoms with Gasteiger partial charge in [0, 0.05) is 10.7 Å². The Morgan fingerprint density at radius 3 is 2.65 bits per heavy atom. The van der Waals surface area contributed by atoms with E-state index in [0.29, 0.717) is 10.7 Å². The van der Waals surface area contributed by atoms with Crippen molar-refractivity contribution in [2.45, 2.75) is 6.18 Å². The largest absolute Gasteiger partial charge is 0.408 e. The van der Waals surface area contributed by atoms with E-state index < -0.39 is 18.7 Å². The summed E-state index contributed by atoms with van der Waals surface area (Å²) in [7, 11) is 0. The number of nitrogens with one attached hydrogen (secondary N) is 2. The number of halogens is 4. The van der Waals surface area contributed by atoms with Crippen LogP contribution in [0, 0.1) is 0 Å². The molecule has 0 aliphatic rings. The SMILES string of the molecule is ONC(=NCC(F)(F)F)Nc1cccc(Cl)c1. The van der Waals surface area contributed by atoms with Crippen molar-refractivity contribution < 1.29 is 18.4 Å². The fourth-order valence-electron chi connectivity index (χ4n) is 0.974. The second-order valence-corrected chi connectivity index (χ2v) is 3.46. The number of guanidine groups is 1. The van der Waals surface area contributed by atoms with Gasteiger partial charge >= 0.3 is 6.18 Å². The van der Waals surface area contributed by atoms with Crippen LogP contribution in [0.3, 0.4) is 0 Å². The van der Waals surface area contributed by atoms with Crippen LogP contribution in [0.2, 0.25) is 5.02 Å². The molecular formula is C9H9ClF3N3O. The maximum Gasteiger partial charge on any atom is 0.408 e. The van der Waals surface area contributed by atoms with Crippen molar-refractivity contribution in [3.63, 3.8) is 0 Å². The summed E-state index contributed by atoms with van der Waals surface area (Å²) in [6, 6.07) is 6.24. The molecule has 3 N–H and O–H groups in total. The number of benzene rings is 1. The zero-order valence-corrected chi connectivity index (χ0v) is 9.18. The minimum atomic E-state index is -4.43. The lowest BCUT2D eigenvalue weighted by atomic mass is 10.3. The third-order valence-electron chi connectivity index (χ3n) is 1.61. The highest BCUT2D eigenvalue weighted by Gasteiger charge is 2.26. The molecule has 0 spiro atoms. The quantitative estimate of drug-likeness (QED) is 0.439. The number of rotatable bonds is 2. The summed E-state index contributed by atoms with van der Waals surface area (Å²) in [5, 5.41) is 11.5. The van der Waals surface area contributed by atoms with E-state index in [2.05, 4.69) is 10.3 Å². The van der Waals surface area contributed by atoms with Crippen molar-refractivity contribution in [3.8, 4) is 0 Å². The van der Waals surface area contributed by atoms with E-state index in [4.69, 9.17) is 16.8 Å². The van der Waals surface area contributed by atoms with E-state index in [0.717, 1.165) is 0 Å². The number of aliphatic imine (C=N–C) groups is 1. The Morgan fingerprint density at radius 1 is 1.41 bits per heavy atom. The van der Waals surface area contributed by atoms with Gasteiger partial charge < -0.3 is 5.32 Å². The molecule has 4 nitrogen and oxygen atoms in total. The normalized spacial score (nSPS) is 12.4. The van der Waals surface area contributed by atoms with E-state index in [-0.39, 0.29) is 0 Å². The first-order chi connectivity index (χ1) is 7.90. The van der Waals surface area contributed by atoms with Gasteiger partial charge in [-0.15, -0.1) is 0 Å². The predicted octanol–water partition coefficient (Wildman–Crippen LogP) is 2.65. The first-order valence-corrected chi connectivity index (χ1v) is 4.82. The fourth-order valence-corrected chi connectivity index (χ4v) is 1.16. The van der Waals surface area contributed by atoms with Gasteiger partial charge in [0.25, 0.3) is 0 Å². The Labute approximate surface area is 100 Å². The molecule has 0 bridgehead atoms. The van der Waals surface area contributed by atoms with Crippen LogP contribution in [-0.2, 0) is 0 Å². The molecule has 0 aromatic heterocycles. The third-order valence-corrected chi connectivity index (χ3v) is 1.84. The predicted molar refractivity (Wildman–Crippen MR) is 58.4 cm³/mol. The summed E-state index contributed by atoms with van der Waals surface area (Å²) >= 11 is 5.68. The van der Waals surface area contributed by atoms with E-state index in [1.807, 2.05) is 0 Å². The monoisotopic (exact) mass is 267 g/mol. The Bertz CT molecular complexity index is 409. The summed E-state index contributed by atoms with van der Waals surface area (Å²) in [5.74, 6) is -0.412. The van der Waals surface area contributed by atoms with Gasteiger partial charge in [-0.2, -0.15) is 13.2 Å². The van der Waals surface area contributed by atoms with Crippen LogP contribution in [0.25, 0.3) is 0 Å². The molecular weight excluding hydrogens is 259 g/mol. The van der Waals surface area contributed by atoms with Crippen molar-refractivity contribution in [2.75, 3.05) is 11.9 Å². The summed E-state index contributed by atoms with van der Waals surface area (Å²) < 4.78 is 35.7. The van der Waals surface area contributed by atoms with Crippen LogP contribution in [0.15, 0.2) is 29.3 Å². The lowest BCUT2D eigenvalue weighted by Crippen LogP contribution is -2.29. The summed E-state index contributed by atoms with van der Waals surface area (Å²) in [4.78, 5) is 3.11. The maximum absolute atomic E-state index is 11.9. The van der Waals surface area contributed by atoms with E-state index >= 15 is 0 Å². The van der Waals surface area contributed by atoms with Crippen LogP contribution < -0.4 is 10.8 Å². The molecule has 8 heteroatoms. The van der Waals surface area contributed by atoms with E-state index in [1.54, 1.807) is 18.2 Å². The number of alkyl halides is 3. The van der Waals surface area contributed by atoms with Crippen molar-refractivity contribution in [1.29, 1.82) is 0 Å². The molecule has 94 valence electrons. The minimum absolute atomic E-state index is 0.403. The van der Waals surface area contributed by atoms with Crippen molar-refractivity contribution in [3.05, 3.63) is 29.3 Å². The molecule has 0 saturated heterocycles. The van der Waals surface area contributed by atoms with Gasteiger partial charge in [0.1, 0.15) is 6.54 Å². The van der Waals surface area contributed by atoms with E-state index in [9.17, 15) is 13.2 Å². The molecule has 0 fully saturated rings. The van der Waals surface area contributed by atoms with Gasteiger partial charge in [-0.05, 0) is 18.2 Å². The van der Waals surface area contributed by atoms with Crippen molar-refractivity contribution in [1.82, 2.24) is 5.48 Å². The summed E-state index contributed by atoms with van der Waals surface area (Å²) in [6.45, 7) is -1.40. The van der Waals surface area contributed by atoms with Gasteiger partial charge in [-0.25, -0.2) is 10.5 Å². The zero-order chi connectivity index (χ0) is 12.9. The molecule has 0 atom stereocenters. The molecule has 1 aromatic carbocycles. The molecule has 1 rings (SSSR count). The average Bonchev–Trinajstić information content (AvgIpc) is 2.23. The van der Waals surface area contributed by atoms with Crippen LogP contribution >= 0.6 is 11.6 Å². The highest BCUT2D eigenvalue weighted by molar-refractivity contribution is 6.30. The van der Waals surface area contributed by atoms with Gasteiger partial charge in [0.15, 0.2) is 0 Å². The lowest BCUT2D eigenvalue weighted by molar-refractivity contribution is -0.118. The highest BCUT2D eigenvalue weighted by Crippen LogP contribution is 2.16. The van der Waals surface area contributed by atoms with Gasteiger partial charge in [0.2, 0.25) is 5.96 Å². The number of hydrogen-bond donors (Lipinski definition) is 3. The van der Waals surface area contributed by atoms with Crippen molar-refractivity contribution >= 4 is 23.2 Å². The fraction of sp³-hybridized carbons (Fsp3) is 0.222. The second kappa shape index (κ2) is 5.74. The molecule has 0 aliphatic heterocycles. The number of hydrogen-bond acceptors (Lipinski definition) is 2. The van der Waals surface area contributed by atoms with Crippen molar-refractivity contribution in [2.24, 2.45) is 4.99 Å². The number of anilines is 1. The molecule has 0 saturated carbocycles. The smallest absolute Gasteiger partial charge is 0.325 e. The van der Waals surface area contributed by atoms with Gasteiger partial charge in [-0.3, -0.25) is 5.21 Å². The lowest BCUT2D eigenvalue weighted by Gasteiger charge is -2.09. The number of hydroxylamine groups is 1. The highest BCUT2D eigenvalue weighted by atomic mass is 35.5. The van der Waals surface area contributed by atoms with Crippen LogP contribution in [0.1, 0.15) is 0 Å². The molecule has 0 unspecified atom stereocenters. The Kier molecular flexibility index (Phi) is 4.59. The van der Waals surface area contributed by atoms with Crippen LogP contribution in [-0.4, -0.2) is 23.9 Å². The summed E-state index contributed by atoms with van der Waals surface area (Å²) in [6.07, 6.45) is -4.43. The minimum Gasteiger partial charge on any atom is -0.325 e. The molecule has 0 radical (unpaired) electrons. The number of nitrogens with zero attached hydrogens (tertiary/aromatic N) is 1. The average molecular weight is 268 g/mol. The first-order valence-electron chi connectivity index (χ1n) is 4.44. The molecule has 1 aromatic rings. The molecule has 0 aliphatic carbocycles. The molecule has 0 amide bonds. The maximum atomic E-state index is 11.9. The topological polar surface area (TPSA) is 56.6 Å². The zero-order valence-electron chi connectivity index (χ0n) is 8.42. The Balaban J connectivity index is 2.70. The standard InChI is InChI=1S/C9H9ClF3N3O/c10-6-2-1-3-7(4-6)15-8(16-17)14-5-9(11,12)13/h1-4,17H,5H2,(H2,14,15,16). The first kappa shape index (κ1) is 13.6. The molecule has 0 heterocycles. The van der Waals surface area contributed by atoms with E-state index in [1.165, 1.54) is 11.5 Å². The van der Waals surface area contributed by atoms with Crippen LogP contribution in [0.5, 0.6) is 0 Å². The Morgan fingerprint density at radius 2 is 2.12 bits per heavy atom. The second-order valence-electron chi connectivity index (χ2n) is 3.03. The van der Waals surface area contributed by atoms with Gasteiger partial charge in [0.05, 0.1) is 0 Å². The van der Waals surface area contributed by atoms with Gasteiger partial charge in [-0.1, -0.05) is 17.7 Å².